The highest BCUT2D eigenvalue weighted by atomic mass is 35.5. The maximum Gasteiger partial charge on any atom is 0.219 e. The zero-order valence-corrected chi connectivity index (χ0v) is 9.64. The lowest BCUT2D eigenvalue weighted by Crippen LogP contribution is -2.35. The predicted octanol–water partition coefficient (Wildman–Crippen LogP) is 2.41. The molecule has 1 aromatic carbocycles. The van der Waals surface area contributed by atoms with Gasteiger partial charge in [-0.05, 0) is 38.1 Å². The summed E-state index contributed by atoms with van der Waals surface area (Å²) in [6.07, 6.45) is 0.287. The lowest BCUT2D eigenvalue weighted by molar-refractivity contribution is -0.118. The molecular formula is C11H15ClN2O. The van der Waals surface area contributed by atoms with Crippen LogP contribution < -0.4 is 11.1 Å². The molecule has 82 valence electrons. The quantitative estimate of drug-likeness (QED) is 0.829. The molecule has 4 heteroatoms. The summed E-state index contributed by atoms with van der Waals surface area (Å²) in [5.74, 6) is -0.318. The Balaban J connectivity index is 2.68. The fraction of sp³-hybridized carbons (Fsp3) is 0.364. The molecule has 3 N–H and O–H groups in total. The van der Waals surface area contributed by atoms with Gasteiger partial charge in [0, 0.05) is 22.7 Å². The molecule has 1 amide bonds. The molecule has 0 unspecified atom stereocenters. The first-order valence-corrected chi connectivity index (χ1v) is 5.09. The number of nitrogens with two attached hydrogens (primary N) is 1. The Labute approximate surface area is 94.6 Å². The highest BCUT2D eigenvalue weighted by molar-refractivity contribution is 6.30. The van der Waals surface area contributed by atoms with E-state index < -0.39 is 0 Å². The van der Waals surface area contributed by atoms with Crippen LogP contribution in [0.2, 0.25) is 5.02 Å². The third-order valence-corrected chi connectivity index (χ3v) is 2.20. The van der Waals surface area contributed by atoms with E-state index in [1.165, 1.54) is 0 Å². The van der Waals surface area contributed by atoms with Crippen molar-refractivity contribution in [1.82, 2.24) is 0 Å². The molecule has 1 rings (SSSR count). The topological polar surface area (TPSA) is 55.1 Å². The second-order valence-electron chi connectivity index (χ2n) is 4.16. The minimum Gasteiger partial charge on any atom is -0.380 e. The molecule has 3 nitrogen and oxygen atoms in total. The van der Waals surface area contributed by atoms with E-state index in [1.807, 2.05) is 26.0 Å². The van der Waals surface area contributed by atoms with E-state index in [-0.39, 0.29) is 17.9 Å². The van der Waals surface area contributed by atoms with Crippen LogP contribution in [0.5, 0.6) is 0 Å². The lowest BCUT2D eigenvalue weighted by atomic mass is 10.00. The molecule has 0 atom stereocenters. The van der Waals surface area contributed by atoms with E-state index in [0.717, 1.165) is 5.69 Å². The molecule has 0 aromatic heterocycles. The fourth-order valence-corrected chi connectivity index (χ4v) is 1.53. The molecule has 0 saturated heterocycles. The molecule has 15 heavy (non-hydrogen) atoms. The molecule has 0 aliphatic heterocycles. The van der Waals surface area contributed by atoms with Gasteiger partial charge < -0.3 is 11.1 Å². The first-order chi connectivity index (χ1) is 6.89. The maximum absolute atomic E-state index is 10.8. The van der Waals surface area contributed by atoms with E-state index in [1.54, 1.807) is 12.1 Å². The second-order valence-corrected chi connectivity index (χ2v) is 4.60. The largest absolute Gasteiger partial charge is 0.380 e. The Morgan fingerprint density at radius 3 is 2.40 bits per heavy atom. The van der Waals surface area contributed by atoms with Crippen molar-refractivity contribution in [2.24, 2.45) is 5.73 Å². The number of primary amides is 1. The average Bonchev–Trinajstić information content (AvgIpc) is 2.06. The first-order valence-electron chi connectivity index (χ1n) is 4.71. The second kappa shape index (κ2) is 4.53. The molecule has 0 spiro atoms. The van der Waals surface area contributed by atoms with E-state index >= 15 is 0 Å². The van der Waals surface area contributed by atoms with E-state index in [9.17, 15) is 4.79 Å². The van der Waals surface area contributed by atoms with Gasteiger partial charge in [-0.3, -0.25) is 4.79 Å². The van der Waals surface area contributed by atoms with Gasteiger partial charge in [0.2, 0.25) is 5.91 Å². The lowest BCUT2D eigenvalue weighted by Gasteiger charge is -2.26. The maximum atomic E-state index is 10.8. The van der Waals surface area contributed by atoms with Gasteiger partial charge in [0.25, 0.3) is 0 Å². The van der Waals surface area contributed by atoms with Crippen molar-refractivity contribution < 1.29 is 4.79 Å². The van der Waals surface area contributed by atoms with Gasteiger partial charge in [0.1, 0.15) is 0 Å². The van der Waals surface area contributed by atoms with Gasteiger partial charge in [-0.1, -0.05) is 11.6 Å². The Morgan fingerprint density at radius 2 is 1.93 bits per heavy atom. The first kappa shape index (κ1) is 11.9. The van der Waals surface area contributed by atoms with Crippen LogP contribution in [0.3, 0.4) is 0 Å². The van der Waals surface area contributed by atoms with Crippen molar-refractivity contribution >= 4 is 23.2 Å². The van der Waals surface area contributed by atoms with Crippen molar-refractivity contribution in [3.63, 3.8) is 0 Å². The molecule has 0 saturated carbocycles. The van der Waals surface area contributed by atoms with Crippen LogP contribution in [0.25, 0.3) is 0 Å². The van der Waals surface area contributed by atoms with Gasteiger partial charge in [-0.15, -0.1) is 0 Å². The highest BCUT2D eigenvalue weighted by Gasteiger charge is 2.19. The van der Waals surface area contributed by atoms with Crippen LogP contribution in [0.4, 0.5) is 5.69 Å². The van der Waals surface area contributed by atoms with Gasteiger partial charge in [0.05, 0.1) is 0 Å². The number of nitrogens with one attached hydrogen (secondary N) is 1. The zero-order chi connectivity index (χ0) is 11.5. The highest BCUT2D eigenvalue weighted by Crippen LogP contribution is 2.19. The third kappa shape index (κ3) is 4.21. The van der Waals surface area contributed by atoms with Gasteiger partial charge >= 0.3 is 0 Å². The Bertz CT molecular complexity index is 346. The molecule has 0 radical (unpaired) electrons. The van der Waals surface area contributed by atoms with Crippen molar-refractivity contribution in [3.05, 3.63) is 29.3 Å². The summed E-state index contributed by atoms with van der Waals surface area (Å²) < 4.78 is 0. The smallest absolute Gasteiger partial charge is 0.219 e. The SMILES string of the molecule is CC(C)(CC(N)=O)Nc1ccc(Cl)cc1. The van der Waals surface area contributed by atoms with Gasteiger partial charge in [-0.25, -0.2) is 0 Å². The standard InChI is InChI=1S/C11H15ClN2O/c1-11(2,7-10(13)15)14-9-5-3-8(12)4-6-9/h3-6,14H,7H2,1-2H3,(H2,13,15). The van der Waals surface area contributed by atoms with Crippen molar-refractivity contribution in [2.45, 2.75) is 25.8 Å². The molecular weight excluding hydrogens is 212 g/mol. The van der Waals surface area contributed by atoms with Crippen LogP contribution in [0.15, 0.2) is 24.3 Å². The van der Waals surface area contributed by atoms with Crippen molar-refractivity contribution in [1.29, 1.82) is 0 Å². The molecule has 0 fully saturated rings. The number of carbonyl (C=O) groups is 1. The third-order valence-electron chi connectivity index (χ3n) is 1.94. The van der Waals surface area contributed by atoms with Crippen molar-refractivity contribution in [3.8, 4) is 0 Å². The normalized spacial score (nSPS) is 11.1. The number of carbonyl (C=O) groups excluding carboxylic acids is 1. The summed E-state index contributed by atoms with van der Waals surface area (Å²) in [6, 6.07) is 7.32. The summed E-state index contributed by atoms with van der Waals surface area (Å²) >= 11 is 5.77. The molecule has 0 aliphatic carbocycles. The van der Waals surface area contributed by atoms with E-state index in [0.29, 0.717) is 5.02 Å². The Morgan fingerprint density at radius 1 is 1.40 bits per heavy atom. The Hall–Kier alpha value is -1.22. The predicted molar refractivity (Wildman–Crippen MR) is 63.0 cm³/mol. The van der Waals surface area contributed by atoms with Crippen LogP contribution in [-0.2, 0) is 4.79 Å². The summed E-state index contributed by atoms with van der Waals surface area (Å²) in [5.41, 5.74) is 5.73. The zero-order valence-electron chi connectivity index (χ0n) is 8.88. The van der Waals surface area contributed by atoms with E-state index in [2.05, 4.69) is 5.32 Å². The van der Waals surface area contributed by atoms with Crippen molar-refractivity contribution in [2.75, 3.05) is 5.32 Å². The monoisotopic (exact) mass is 226 g/mol. The van der Waals surface area contributed by atoms with Gasteiger partial charge in [-0.2, -0.15) is 0 Å². The van der Waals surface area contributed by atoms with Crippen LogP contribution in [0.1, 0.15) is 20.3 Å². The summed E-state index contributed by atoms with van der Waals surface area (Å²) in [6.45, 7) is 3.85. The fourth-order valence-electron chi connectivity index (χ4n) is 1.40. The minimum absolute atomic E-state index is 0.287. The number of hydrogen-bond acceptors (Lipinski definition) is 2. The average molecular weight is 227 g/mol. The number of anilines is 1. The number of hydrogen-bond donors (Lipinski definition) is 2. The van der Waals surface area contributed by atoms with E-state index in [4.69, 9.17) is 17.3 Å². The molecule has 0 heterocycles. The minimum atomic E-state index is -0.348. The molecule has 0 aliphatic rings. The van der Waals surface area contributed by atoms with Crippen LogP contribution in [-0.4, -0.2) is 11.4 Å². The molecule has 0 bridgehead atoms. The van der Waals surface area contributed by atoms with Gasteiger partial charge in [0.15, 0.2) is 0 Å². The van der Waals surface area contributed by atoms with Crippen LogP contribution >= 0.6 is 11.6 Å². The number of halogens is 1. The van der Waals surface area contributed by atoms with Crippen LogP contribution in [0, 0.1) is 0 Å². The Kier molecular flexibility index (Phi) is 3.58. The molecule has 1 aromatic rings. The summed E-state index contributed by atoms with van der Waals surface area (Å²) in [7, 11) is 0. The summed E-state index contributed by atoms with van der Waals surface area (Å²) in [4.78, 5) is 10.8. The number of rotatable bonds is 4. The number of amides is 1. The number of benzene rings is 1. The summed E-state index contributed by atoms with van der Waals surface area (Å²) in [5, 5.41) is 3.91.